The number of esters is 1. The van der Waals surface area contributed by atoms with Crippen molar-refractivity contribution < 1.29 is 18.7 Å². The largest absolute Gasteiger partial charge is 0.465 e. The van der Waals surface area contributed by atoms with Crippen LogP contribution in [-0.2, 0) is 9.53 Å². The zero-order valence-corrected chi connectivity index (χ0v) is 10.2. The molecule has 0 heterocycles. The van der Waals surface area contributed by atoms with Gasteiger partial charge in [-0.3, -0.25) is 9.59 Å². The smallest absolute Gasteiger partial charge is 0.317 e. The molecule has 1 rings (SSSR count). The van der Waals surface area contributed by atoms with E-state index in [4.69, 9.17) is 4.74 Å². The number of hydrogen-bond acceptors (Lipinski definition) is 3. The highest BCUT2D eigenvalue weighted by atomic mass is 19.1. The number of carbonyl (C=O) groups is 2. The van der Waals surface area contributed by atoms with Crippen molar-refractivity contribution in [1.29, 1.82) is 0 Å². The van der Waals surface area contributed by atoms with Crippen LogP contribution in [0.4, 0.5) is 4.39 Å². The maximum Gasteiger partial charge on any atom is 0.317 e. The van der Waals surface area contributed by atoms with E-state index in [1.807, 2.05) is 0 Å². The van der Waals surface area contributed by atoms with Crippen LogP contribution in [0.25, 0.3) is 0 Å². The fourth-order valence-electron chi connectivity index (χ4n) is 1.30. The average molecular weight is 248 g/mol. The molecule has 0 saturated carbocycles. The third kappa shape index (κ3) is 4.02. The van der Waals surface area contributed by atoms with Crippen molar-refractivity contribution in [1.82, 2.24) is 0 Å². The summed E-state index contributed by atoms with van der Waals surface area (Å²) in [4.78, 5) is 22.1. The van der Waals surface area contributed by atoms with Gasteiger partial charge in [0.25, 0.3) is 0 Å². The van der Waals surface area contributed by atoms with Crippen LogP contribution in [0.2, 0.25) is 0 Å². The van der Waals surface area contributed by atoms with Crippen molar-refractivity contribution >= 4 is 11.8 Å². The van der Waals surface area contributed by atoms with E-state index < -0.39 is 11.8 Å². The van der Waals surface area contributed by atoms with Gasteiger partial charge in [0.2, 0.25) is 0 Å². The Morgan fingerprint density at radius 1 is 1.39 bits per heavy atom. The van der Waals surface area contributed by atoms with E-state index in [2.05, 4.69) is 11.8 Å². The van der Waals surface area contributed by atoms with E-state index in [1.54, 1.807) is 6.92 Å². The van der Waals surface area contributed by atoms with Crippen molar-refractivity contribution in [3.8, 4) is 11.8 Å². The molecule has 0 aromatic heterocycles. The van der Waals surface area contributed by atoms with Crippen LogP contribution >= 0.6 is 0 Å². The van der Waals surface area contributed by atoms with Crippen molar-refractivity contribution in [3.05, 3.63) is 35.1 Å². The number of ketones is 1. The lowest BCUT2D eigenvalue weighted by Crippen LogP contribution is -2.01. The SMILES string of the molecule is CCOC(=O)CC#Cc1ccc(F)c(C(C)=O)c1. The number of benzene rings is 1. The summed E-state index contributed by atoms with van der Waals surface area (Å²) in [5, 5.41) is 0. The average Bonchev–Trinajstić information content (AvgIpc) is 2.31. The highest BCUT2D eigenvalue weighted by Crippen LogP contribution is 2.10. The van der Waals surface area contributed by atoms with Gasteiger partial charge in [0.1, 0.15) is 12.2 Å². The number of carbonyl (C=O) groups excluding carboxylic acids is 2. The molecule has 0 amide bonds. The minimum atomic E-state index is -0.571. The van der Waals surface area contributed by atoms with Gasteiger partial charge in [-0.05, 0) is 32.0 Å². The van der Waals surface area contributed by atoms with Gasteiger partial charge < -0.3 is 4.74 Å². The van der Waals surface area contributed by atoms with Gasteiger partial charge in [0, 0.05) is 5.56 Å². The van der Waals surface area contributed by atoms with Crippen LogP contribution in [0.15, 0.2) is 18.2 Å². The molecule has 0 aliphatic carbocycles. The second-order valence-electron chi connectivity index (χ2n) is 3.53. The lowest BCUT2D eigenvalue weighted by Gasteiger charge is -1.98. The van der Waals surface area contributed by atoms with E-state index in [-0.39, 0.29) is 17.8 Å². The Morgan fingerprint density at radius 3 is 2.72 bits per heavy atom. The summed E-state index contributed by atoms with van der Waals surface area (Å²) in [7, 11) is 0. The quantitative estimate of drug-likeness (QED) is 0.468. The molecule has 0 aliphatic heterocycles. The second kappa shape index (κ2) is 6.55. The predicted octanol–water partition coefficient (Wildman–Crippen LogP) is 2.33. The van der Waals surface area contributed by atoms with Gasteiger partial charge >= 0.3 is 5.97 Å². The Kier molecular flexibility index (Phi) is 5.06. The molecule has 3 nitrogen and oxygen atoms in total. The van der Waals surface area contributed by atoms with E-state index in [0.29, 0.717) is 12.2 Å². The topological polar surface area (TPSA) is 43.4 Å². The molecule has 0 saturated heterocycles. The zero-order chi connectivity index (χ0) is 13.5. The zero-order valence-electron chi connectivity index (χ0n) is 10.2. The first-order valence-electron chi connectivity index (χ1n) is 5.49. The van der Waals surface area contributed by atoms with E-state index >= 15 is 0 Å². The highest BCUT2D eigenvalue weighted by molar-refractivity contribution is 5.94. The number of halogens is 1. The summed E-state index contributed by atoms with van der Waals surface area (Å²) in [5.41, 5.74) is 0.490. The monoisotopic (exact) mass is 248 g/mol. The van der Waals surface area contributed by atoms with Crippen LogP contribution in [0.5, 0.6) is 0 Å². The normalized spacial score (nSPS) is 9.28. The van der Waals surface area contributed by atoms with Crippen LogP contribution < -0.4 is 0 Å². The summed E-state index contributed by atoms with van der Waals surface area (Å²) in [6.45, 7) is 3.31. The van der Waals surface area contributed by atoms with Gasteiger partial charge in [-0.2, -0.15) is 0 Å². The second-order valence-corrected chi connectivity index (χ2v) is 3.53. The maximum atomic E-state index is 13.2. The molecule has 0 N–H and O–H groups in total. The molecule has 18 heavy (non-hydrogen) atoms. The molecule has 0 spiro atoms. The van der Waals surface area contributed by atoms with Crippen molar-refractivity contribution in [2.24, 2.45) is 0 Å². The van der Waals surface area contributed by atoms with Crippen LogP contribution in [0.3, 0.4) is 0 Å². The summed E-state index contributed by atoms with van der Waals surface area (Å²) in [6, 6.07) is 4.01. The number of Topliss-reactive ketones (excluding diaryl/α,β-unsaturated/α-hetero) is 1. The first-order chi connectivity index (χ1) is 8.54. The Bertz CT molecular complexity index is 524. The molecule has 0 unspecified atom stereocenters. The standard InChI is InChI=1S/C14H13FO3/c1-3-18-14(17)6-4-5-11-7-8-13(15)12(9-11)10(2)16/h7-9H,3,6H2,1-2H3. The van der Waals surface area contributed by atoms with E-state index in [9.17, 15) is 14.0 Å². The molecule has 0 radical (unpaired) electrons. The molecular weight excluding hydrogens is 235 g/mol. The molecule has 0 aliphatic rings. The third-order valence-corrected chi connectivity index (χ3v) is 2.12. The molecule has 1 aromatic carbocycles. The van der Waals surface area contributed by atoms with E-state index in [0.717, 1.165) is 0 Å². The fraction of sp³-hybridized carbons (Fsp3) is 0.286. The van der Waals surface area contributed by atoms with Gasteiger partial charge in [-0.25, -0.2) is 4.39 Å². The summed E-state index contributed by atoms with van der Waals surface area (Å²) in [6.07, 6.45) is -0.0272. The van der Waals surface area contributed by atoms with Gasteiger partial charge in [-0.15, -0.1) is 0 Å². The lowest BCUT2D eigenvalue weighted by atomic mass is 10.1. The summed E-state index contributed by atoms with van der Waals surface area (Å²) >= 11 is 0. The molecule has 4 heteroatoms. The van der Waals surface area contributed by atoms with Crippen molar-refractivity contribution in [3.63, 3.8) is 0 Å². The minimum Gasteiger partial charge on any atom is -0.465 e. The van der Waals surface area contributed by atoms with Crippen molar-refractivity contribution in [2.45, 2.75) is 20.3 Å². The molecule has 0 atom stereocenters. The van der Waals surface area contributed by atoms with Gasteiger partial charge in [0.05, 0.1) is 12.2 Å². The Hall–Kier alpha value is -2.15. The van der Waals surface area contributed by atoms with E-state index in [1.165, 1.54) is 25.1 Å². The lowest BCUT2D eigenvalue weighted by molar-refractivity contribution is -0.141. The molecule has 0 bridgehead atoms. The van der Waals surface area contributed by atoms with Crippen LogP contribution in [-0.4, -0.2) is 18.4 Å². The molecular formula is C14H13FO3. The van der Waals surface area contributed by atoms with Crippen molar-refractivity contribution in [2.75, 3.05) is 6.61 Å². The Morgan fingerprint density at radius 2 is 2.11 bits per heavy atom. The fourth-order valence-corrected chi connectivity index (χ4v) is 1.30. The predicted molar refractivity (Wildman–Crippen MR) is 64.5 cm³/mol. The first kappa shape index (κ1) is 13.9. The van der Waals surface area contributed by atoms with Crippen LogP contribution in [0, 0.1) is 17.7 Å². The molecule has 0 fully saturated rings. The highest BCUT2D eigenvalue weighted by Gasteiger charge is 2.06. The Labute approximate surface area is 105 Å². The summed E-state index contributed by atoms with van der Waals surface area (Å²) in [5.74, 6) is 3.97. The number of ether oxygens (including phenoxy) is 1. The minimum absolute atomic E-state index is 0.00191. The first-order valence-corrected chi connectivity index (χ1v) is 5.49. The Balaban J connectivity index is 2.80. The van der Waals surface area contributed by atoms with Crippen LogP contribution in [0.1, 0.15) is 36.2 Å². The third-order valence-electron chi connectivity index (χ3n) is 2.12. The van der Waals surface area contributed by atoms with Gasteiger partial charge in [0.15, 0.2) is 5.78 Å². The number of rotatable bonds is 3. The number of hydrogen-bond donors (Lipinski definition) is 0. The summed E-state index contributed by atoms with van der Waals surface area (Å²) < 4.78 is 17.9. The molecule has 1 aromatic rings. The molecule has 94 valence electrons. The van der Waals surface area contributed by atoms with Gasteiger partial charge in [-0.1, -0.05) is 11.8 Å². The maximum absolute atomic E-state index is 13.2.